The molecule has 0 amide bonds. The maximum absolute atomic E-state index is 12.6. The molecule has 3 N–H and O–H groups in total. The molecule has 0 aliphatic rings. The van der Waals surface area contributed by atoms with Gasteiger partial charge in [0.15, 0.2) is 5.65 Å². The molecule has 0 radical (unpaired) electrons. The Morgan fingerprint density at radius 1 is 1.10 bits per heavy atom. The average molecular weight is 421 g/mol. The average Bonchev–Trinajstić information content (AvgIpc) is 3.33. The number of halogens is 3. The Hall–Kier alpha value is -3.18. The summed E-state index contributed by atoms with van der Waals surface area (Å²) in [6.07, 6.45) is -1.51. The molecule has 0 bridgehead atoms. The van der Waals surface area contributed by atoms with Gasteiger partial charge in [0.2, 0.25) is 10.0 Å². The van der Waals surface area contributed by atoms with Crippen LogP contribution < -0.4 is 4.72 Å². The molecular formula is C18H14F3N5O2S. The van der Waals surface area contributed by atoms with Gasteiger partial charge >= 0.3 is 6.18 Å². The molecule has 0 atom stereocenters. The van der Waals surface area contributed by atoms with Crippen molar-refractivity contribution in [2.45, 2.75) is 17.6 Å². The normalized spacial score (nSPS) is 12.5. The predicted octanol–water partition coefficient (Wildman–Crippen LogP) is 3.45. The van der Waals surface area contributed by atoms with Gasteiger partial charge in [0.1, 0.15) is 4.90 Å². The Bertz CT molecular complexity index is 1260. The minimum absolute atomic E-state index is 0.00829. The number of nitrogens with zero attached hydrogens (tertiary/aromatic N) is 2. The standard InChI is InChI=1S/C18H14F3N5O2S/c19-18(20,21)12-5-3-11(4-6-12)9-24-29(27,28)13-8-15(23-10-13)16-14-2-1-7-22-17(14)26-25-16/h1-8,10,23-24H,9H2,(H,22,25,26). The largest absolute Gasteiger partial charge is 0.416 e. The van der Waals surface area contributed by atoms with Crippen molar-refractivity contribution >= 4 is 21.1 Å². The third-order valence-electron chi connectivity index (χ3n) is 4.31. The zero-order valence-electron chi connectivity index (χ0n) is 14.7. The number of sulfonamides is 1. The summed E-state index contributed by atoms with van der Waals surface area (Å²) in [7, 11) is -3.87. The van der Waals surface area contributed by atoms with Gasteiger partial charge in [0.05, 0.1) is 17.0 Å². The number of fused-ring (bicyclic) bond motifs is 1. The summed E-state index contributed by atoms with van der Waals surface area (Å²) in [4.78, 5) is 6.99. The maximum atomic E-state index is 12.6. The number of pyridine rings is 1. The lowest BCUT2D eigenvalue weighted by molar-refractivity contribution is -0.137. The second-order valence-corrected chi connectivity index (χ2v) is 8.01. The number of aromatic nitrogens is 4. The molecular weight excluding hydrogens is 407 g/mol. The number of H-pyrrole nitrogens is 2. The van der Waals surface area contributed by atoms with Gasteiger partial charge in [0, 0.05) is 24.3 Å². The molecule has 4 aromatic rings. The molecule has 3 heterocycles. The van der Waals surface area contributed by atoms with E-state index in [0.717, 1.165) is 17.5 Å². The minimum Gasteiger partial charge on any atom is -0.359 e. The number of nitrogens with one attached hydrogen (secondary N) is 3. The number of hydrogen-bond acceptors (Lipinski definition) is 4. The molecule has 0 saturated heterocycles. The first kappa shape index (κ1) is 19.2. The highest BCUT2D eigenvalue weighted by Gasteiger charge is 2.30. The summed E-state index contributed by atoms with van der Waals surface area (Å²) in [6.45, 7) is -0.141. The molecule has 0 aliphatic carbocycles. The van der Waals surface area contributed by atoms with Gasteiger partial charge in [0.25, 0.3) is 0 Å². The Morgan fingerprint density at radius 3 is 2.59 bits per heavy atom. The Morgan fingerprint density at radius 2 is 1.86 bits per heavy atom. The lowest BCUT2D eigenvalue weighted by atomic mass is 10.1. The molecule has 0 unspecified atom stereocenters. The molecule has 0 saturated carbocycles. The van der Waals surface area contributed by atoms with Gasteiger partial charge in [-0.1, -0.05) is 12.1 Å². The fourth-order valence-electron chi connectivity index (χ4n) is 2.80. The molecule has 29 heavy (non-hydrogen) atoms. The van der Waals surface area contributed by atoms with Crippen LogP contribution >= 0.6 is 0 Å². The van der Waals surface area contributed by atoms with E-state index in [-0.39, 0.29) is 11.4 Å². The first-order chi connectivity index (χ1) is 13.7. The van der Waals surface area contributed by atoms with Crippen molar-refractivity contribution < 1.29 is 21.6 Å². The van der Waals surface area contributed by atoms with Crippen molar-refractivity contribution in [3.8, 4) is 11.4 Å². The zero-order chi connectivity index (χ0) is 20.6. The SMILES string of the molecule is O=S(=O)(NCc1ccc(C(F)(F)F)cc1)c1c[nH]c(-c2[nH]nc3ncccc23)c1. The van der Waals surface area contributed by atoms with E-state index in [1.165, 1.54) is 24.4 Å². The van der Waals surface area contributed by atoms with E-state index < -0.39 is 21.8 Å². The monoisotopic (exact) mass is 421 g/mol. The van der Waals surface area contributed by atoms with Crippen molar-refractivity contribution in [3.05, 3.63) is 66.0 Å². The van der Waals surface area contributed by atoms with Crippen LogP contribution in [-0.4, -0.2) is 28.6 Å². The number of rotatable bonds is 5. The maximum Gasteiger partial charge on any atom is 0.416 e. The van der Waals surface area contributed by atoms with Crippen LogP contribution in [0.1, 0.15) is 11.1 Å². The van der Waals surface area contributed by atoms with Crippen LogP contribution in [0.3, 0.4) is 0 Å². The fraction of sp³-hybridized carbons (Fsp3) is 0.111. The van der Waals surface area contributed by atoms with Gasteiger partial charge in [-0.15, -0.1) is 0 Å². The first-order valence-corrected chi connectivity index (χ1v) is 9.86. The topological polar surface area (TPSA) is 104 Å². The van der Waals surface area contributed by atoms with Crippen LogP contribution in [0.25, 0.3) is 22.4 Å². The number of hydrogen-bond donors (Lipinski definition) is 3. The van der Waals surface area contributed by atoms with Crippen LogP contribution in [0.2, 0.25) is 0 Å². The Kier molecular flexibility index (Phi) is 4.63. The Labute approximate surface area is 163 Å². The van der Waals surface area contributed by atoms with Crippen molar-refractivity contribution in [2.75, 3.05) is 0 Å². The molecule has 0 fully saturated rings. The number of benzene rings is 1. The molecule has 11 heteroatoms. The molecule has 1 aromatic carbocycles. The van der Waals surface area contributed by atoms with Crippen LogP contribution in [-0.2, 0) is 22.7 Å². The molecule has 150 valence electrons. The molecule has 0 aliphatic heterocycles. The highest BCUT2D eigenvalue weighted by Crippen LogP contribution is 2.29. The summed E-state index contributed by atoms with van der Waals surface area (Å²) in [5, 5.41) is 7.62. The summed E-state index contributed by atoms with van der Waals surface area (Å²) in [6, 6.07) is 9.28. The minimum atomic E-state index is -4.44. The lowest BCUT2D eigenvalue weighted by Gasteiger charge is -2.08. The highest BCUT2D eigenvalue weighted by atomic mass is 32.2. The van der Waals surface area contributed by atoms with Crippen LogP contribution in [0, 0.1) is 0 Å². The zero-order valence-corrected chi connectivity index (χ0v) is 15.5. The summed E-state index contributed by atoms with van der Waals surface area (Å²) in [5.41, 5.74) is 1.22. The highest BCUT2D eigenvalue weighted by molar-refractivity contribution is 7.89. The number of alkyl halides is 3. The van der Waals surface area contributed by atoms with E-state index in [2.05, 4.69) is 24.9 Å². The molecule has 3 aromatic heterocycles. The molecule has 7 nitrogen and oxygen atoms in total. The van der Waals surface area contributed by atoms with Crippen molar-refractivity contribution in [2.24, 2.45) is 0 Å². The third-order valence-corrected chi connectivity index (χ3v) is 5.69. The quantitative estimate of drug-likeness (QED) is 0.459. The van der Waals surface area contributed by atoms with Crippen LogP contribution in [0.4, 0.5) is 13.2 Å². The van der Waals surface area contributed by atoms with E-state index in [4.69, 9.17) is 0 Å². The van der Waals surface area contributed by atoms with Crippen LogP contribution in [0.15, 0.2) is 59.8 Å². The summed E-state index contributed by atoms with van der Waals surface area (Å²) >= 11 is 0. The molecule has 0 spiro atoms. The van der Waals surface area contributed by atoms with Crippen molar-refractivity contribution in [1.82, 2.24) is 24.9 Å². The predicted molar refractivity (Wildman–Crippen MR) is 99.1 cm³/mol. The summed E-state index contributed by atoms with van der Waals surface area (Å²) in [5.74, 6) is 0. The molecule has 4 rings (SSSR count). The van der Waals surface area contributed by atoms with Crippen molar-refractivity contribution in [3.63, 3.8) is 0 Å². The van der Waals surface area contributed by atoms with E-state index >= 15 is 0 Å². The van der Waals surface area contributed by atoms with E-state index in [1.54, 1.807) is 18.3 Å². The van der Waals surface area contributed by atoms with Gasteiger partial charge in [-0.25, -0.2) is 18.1 Å². The van der Waals surface area contributed by atoms with Gasteiger partial charge in [-0.05, 0) is 35.9 Å². The second kappa shape index (κ2) is 7.01. The number of aromatic amines is 2. The van der Waals surface area contributed by atoms with Gasteiger partial charge in [-0.3, -0.25) is 5.10 Å². The Balaban J connectivity index is 1.51. The van der Waals surface area contributed by atoms with Gasteiger partial charge < -0.3 is 4.98 Å². The second-order valence-electron chi connectivity index (χ2n) is 6.24. The third kappa shape index (κ3) is 3.87. The van der Waals surface area contributed by atoms with E-state index in [9.17, 15) is 21.6 Å². The summed E-state index contributed by atoms with van der Waals surface area (Å²) < 4.78 is 65.3. The van der Waals surface area contributed by atoms with E-state index in [0.29, 0.717) is 22.6 Å². The smallest absolute Gasteiger partial charge is 0.359 e. The van der Waals surface area contributed by atoms with Gasteiger partial charge in [-0.2, -0.15) is 18.3 Å². The van der Waals surface area contributed by atoms with E-state index in [1.807, 2.05) is 0 Å². The lowest BCUT2D eigenvalue weighted by Crippen LogP contribution is -2.22. The van der Waals surface area contributed by atoms with Crippen molar-refractivity contribution in [1.29, 1.82) is 0 Å². The fourth-order valence-corrected chi connectivity index (χ4v) is 3.81. The first-order valence-electron chi connectivity index (χ1n) is 8.38. The van der Waals surface area contributed by atoms with Crippen LogP contribution in [0.5, 0.6) is 0 Å².